The summed E-state index contributed by atoms with van der Waals surface area (Å²) < 4.78 is 13.5. The summed E-state index contributed by atoms with van der Waals surface area (Å²) in [5.41, 5.74) is 0.0885. The normalized spacial score (nSPS) is 12.8. The highest BCUT2D eigenvalue weighted by molar-refractivity contribution is 6.30. The van der Waals surface area contributed by atoms with Crippen LogP contribution in [0.5, 0.6) is 0 Å². The van der Waals surface area contributed by atoms with Crippen LogP contribution < -0.4 is 5.32 Å². The van der Waals surface area contributed by atoms with Crippen molar-refractivity contribution < 1.29 is 14.3 Å². The first kappa shape index (κ1) is 12.9. The van der Waals surface area contributed by atoms with Gasteiger partial charge in [-0.1, -0.05) is 17.7 Å². The highest BCUT2D eigenvalue weighted by atomic mass is 35.5. The Kier molecular flexibility index (Phi) is 4.26. The summed E-state index contributed by atoms with van der Waals surface area (Å²) in [6, 6.07) is 2.84. The van der Waals surface area contributed by atoms with E-state index in [4.69, 9.17) is 16.7 Å². The molecule has 0 fully saturated rings. The minimum absolute atomic E-state index is 0.0591. The maximum atomic E-state index is 13.5. The second-order valence-electron chi connectivity index (χ2n) is 3.76. The average Bonchev–Trinajstić information content (AvgIpc) is 2.14. The molecule has 0 radical (unpaired) electrons. The van der Waals surface area contributed by atoms with Crippen LogP contribution in [0.15, 0.2) is 18.2 Å². The van der Waals surface area contributed by atoms with E-state index in [2.05, 4.69) is 5.32 Å². The van der Waals surface area contributed by atoms with Crippen molar-refractivity contribution in [3.05, 3.63) is 34.6 Å². The van der Waals surface area contributed by atoms with Crippen LogP contribution in [0.3, 0.4) is 0 Å². The van der Waals surface area contributed by atoms with E-state index in [1.54, 1.807) is 13.8 Å². The molecule has 5 heteroatoms. The van der Waals surface area contributed by atoms with Crippen molar-refractivity contribution in [3.8, 4) is 0 Å². The number of carboxylic acid groups (broad SMARTS) is 1. The third kappa shape index (κ3) is 3.18. The first-order valence-electron chi connectivity index (χ1n) is 4.85. The molecule has 0 saturated heterocycles. The number of hydrogen-bond donors (Lipinski definition) is 2. The molecule has 0 saturated carbocycles. The van der Waals surface area contributed by atoms with Gasteiger partial charge in [-0.2, -0.15) is 0 Å². The molecule has 0 amide bonds. The lowest BCUT2D eigenvalue weighted by Crippen LogP contribution is -2.34. The Balaban J connectivity index is 3.06. The summed E-state index contributed by atoms with van der Waals surface area (Å²) in [4.78, 5) is 11.0. The SMILES string of the molecule is CC(C)NC(C(=O)O)c1ccc(Cl)cc1F. The van der Waals surface area contributed by atoms with Crippen LogP contribution in [-0.2, 0) is 4.79 Å². The van der Waals surface area contributed by atoms with Crippen molar-refractivity contribution >= 4 is 17.6 Å². The summed E-state index contributed by atoms with van der Waals surface area (Å²) in [6.07, 6.45) is 0. The van der Waals surface area contributed by atoms with Gasteiger partial charge in [0.25, 0.3) is 0 Å². The number of nitrogens with one attached hydrogen (secondary N) is 1. The van der Waals surface area contributed by atoms with Gasteiger partial charge in [-0.25, -0.2) is 4.39 Å². The van der Waals surface area contributed by atoms with Gasteiger partial charge < -0.3 is 5.11 Å². The lowest BCUT2D eigenvalue weighted by atomic mass is 10.1. The molecule has 2 N–H and O–H groups in total. The summed E-state index contributed by atoms with van der Waals surface area (Å²) in [5, 5.41) is 12.0. The lowest BCUT2D eigenvalue weighted by molar-refractivity contribution is -0.139. The topological polar surface area (TPSA) is 49.3 Å². The van der Waals surface area contributed by atoms with Gasteiger partial charge in [0.05, 0.1) is 0 Å². The van der Waals surface area contributed by atoms with Gasteiger partial charge in [0, 0.05) is 16.6 Å². The molecule has 0 aliphatic carbocycles. The van der Waals surface area contributed by atoms with E-state index in [9.17, 15) is 9.18 Å². The maximum absolute atomic E-state index is 13.5. The molecule has 1 aromatic carbocycles. The summed E-state index contributed by atoms with van der Waals surface area (Å²) >= 11 is 5.60. The largest absolute Gasteiger partial charge is 0.480 e. The molecular weight excluding hydrogens is 233 g/mol. The van der Waals surface area contributed by atoms with Gasteiger partial charge in [0.1, 0.15) is 11.9 Å². The van der Waals surface area contributed by atoms with Crippen molar-refractivity contribution in [2.24, 2.45) is 0 Å². The van der Waals surface area contributed by atoms with Crippen molar-refractivity contribution in [2.45, 2.75) is 25.9 Å². The summed E-state index contributed by atoms with van der Waals surface area (Å²) in [6.45, 7) is 3.59. The van der Waals surface area contributed by atoms with E-state index < -0.39 is 17.8 Å². The first-order valence-corrected chi connectivity index (χ1v) is 5.23. The Bertz CT molecular complexity index is 396. The Morgan fingerprint density at radius 2 is 2.12 bits per heavy atom. The highest BCUT2D eigenvalue weighted by Gasteiger charge is 2.23. The number of rotatable bonds is 4. The molecule has 0 bridgehead atoms. The van der Waals surface area contributed by atoms with Crippen LogP contribution >= 0.6 is 11.6 Å². The number of aliphatic carboxylic acids is 1. The highest BCUT2D eigenvalue weighted by Crippen LogP contribution is 2.21. The third-order valence-electron chi connectivity index (χ3n) is 2.02. The van der Waals surface area contributed by atoms with Crippen LogP contribution in [0.1, 0.15) is 25.5 Å². The Morgan fingerprint density at radius 3 is 2.56 bits per heavy atom. The zero-order chi connectivity index (χ0) is 12.3. The summed E-state index contributed by atoms with van der Waals surface area (Å²) in [7, 11) is 0. The minimum Gasteiger partial charge on any atom is -0.480 e. The zero-order valence-electron chi connectivity index (χ0n) is 9.00. The van der Waals surface area contributed by atoms with Gasteiger partial charge in [-0.15, -0.1) is 0 Å². The van der Waals surface area contributed by atoms with Crippen LogP contribution in [0.2, 0.25) is 5.02 Å². The van der Waals surface area contributed by atoms with Crippen molar-refractivity contribution in [2.75, 3.05) is 0 Å². The molecule has 1 aromatic rings. The van der Waals surface area contributed by atoms with Crippen molar-refractivity contribution in [1.82, 2.24) is 5.32 Å². The second-order valence-corrected chi connectivity index (χ2v) is 4.19. The quantitative estimate of drug-likeness (QED) is 0.857. The first-order chi connectivity index (χ1) is 7.41. The molecule has 1 atom stereocenters. The Labute approximate surface area is 98.2 Å². The molecular formula is C11H13ClFNO2. The fourth-order valence-electron chi connectivity index (χ4n) is 1.36. The van der Waals surface area contributed by atoms with Crippen LogP contribution in [0.25, 0.3) is 0 Å². The van der Waals surface area contributed by atoms with E-state index in [1.165, 1.54) is 12.1 Å². The number of hydrogen-bond acceptors (Lipinski definition) is 2. The van der Waals surface area contributed by atoms with E-state index in [-0.39, 0.29) is 16.6 Å². The van der Waals surface area contributed by atoms with Crippen molar-refractivity contribution in [3.63, 3.8) is 0 Å². The molecule has 0 aliphatic heterocycles. The predicted molar refractivity (Wildman–Crippen MR) is 60.1 cm³/mol. The molecule has 88 valence electrons. The molecule has 0 aromatic heterocycles. The number of carbonyl (C=O) groups is 1. The number of halogens is 2. The standard InChI is InChI=1S/C11H13ClFNO2/c1-6(2)14-10(11(15)16)8-4-3-7(12)5-9(8)13/h3-6,10,14H,1-2H3,(H,15,16). The van der Waals surface area contributed by atoms with Crippen molar-refractivity contribution in [1.29, 1.82) is 0 Å². The molecule has 0 aliphatic rings. The number of benzene rings is 1. The molecule has 1 rings (SSSR count). The fourth-order valence-corrected chi connectivity index (χ4v) is 1.52. The number of carboxylic acids is 1. The van der Waals surface area contributed by atoms with E-state index >= 15 is 0 Å². The average molecular weight is 246 g/mol. The molecule has 0 spiro atoms. The lowest BCUT2D eigenvalue weighted by Gasteiger charge is -2.18. The van der Waals surface area contributed by atoms with E-state index in [0.717, 1.165) is 6.07 Å². The minimum atomic E-state index is -1.12. The Hall–Kier alpha value is -1.13. The van der Waals surface area contributed by atoms with Crippen LogP contribution in [0, 0.1) is 5.82 Å². The van der Waals surface area contributed by atoms with Gasteiger partial charge in [-0.05, 0) is 26.0 Å². The third-order valence-corrected chi connectivity index (χ3v) is 2.26. The monoisotopic (exact) mass is 245 g/mol. The van der Waals surface area contributed by atoms with Gasteiger partial charge in [0.2, 0.25) is 0 Å². The van der Waals surface area contributed by atoms with E-state index in [1.807, 2.05) is 0 Å². The molecule has 3 nitrogen and oxygen atoms in total. The molecule has 0 heterocycles. The van der Waals surface area contributed by atoms with Gasteiger partial charge in [0.15, 0.2) is 0 Å². The Morgan fingerprint density at radius 1 is 1.50 bits per heavy atom. The molecule has 16 heavy (non-hydrogen) atoms. The zero-order valence-corrected chi connectivity index (χ0v) is 9.75. The summed E-state index contributed by atoms with van der Waals surface area (Å²) in [5.74, 6) is -1.73. The smallest absolute Gasteiger partial charge is 0.325 e. The second kappa shape index (κ2) is 5.27. The van der Waals surface area contributed by atoms with Gasteiger partial charge >= 0.3 is 5.97 Å². The van der Waals surface area contributed by atoms with Crippen LogP contribution in [-0.4, -0.2) is 17.1 Å². The van der Waals surface area contributed by atoms with E-state index in [0.29, 0.717) is 0 Å². The van der Waals surface area contributed by atoms with Gasteiger partial charge in [-0.3, -0.25) is 10.1 Å². The maximum Gasteiger partial charge on any atom is 0.325 e. The van der Waals surface area contributed by atoms with Crippen LogP contribution in [0.4, 0.5) is 4.39 Å². The fraction of sp³-hybridized carbons (Fsp3) is 0.364. The molecule has 1 unspecified atom stereocenters. The predicted octanol–water partition coefficient (Wildman–Crippen LogP) is 2.60.